The number of unbranched alkanes of at least 4 members (excludes halogenated alkanes) is 1. The van der Waals surface area contributed by atoms with Gasteiger partial charge in [0.25, 0.3) is 0 Å². The molecule has 0 aliphatic carbocycles. The van der Waals surface area contributed by atoms with Gasteiger partial charge in [0, 0.05) is 25.4 Å². The van der Waals surface area contributed by atoms with Gasteiger partial charge in [0.15, 0.2) is 0 Å². The number of rotatable bonds is 6. The molecule has 0 aromatic carbocycles. The Bertz CT molecular complexity index is 344. The van der Waals surface area contributed by atoms with Crippen LogP contribution in [0.1, 0.15) is 32.1 Å². The number of carbonyl (C=O) groups is 3. The van der Waals surface area contributed by atoms with Gasteiger partial charge in [0.2, 0.25) is 5.91 Å². The molecule has 1 aliphatic heterocycles. The molecule has 2 atom stereocenters. The predicted molar refractivity (Wildman–Crippen MR) is 61.8 cm³/mol. The minimum atomic E-state index is -1.04. The van der Waals surface area contributed by atoms with Crippen molar-refractivity contribution in [3.63, 3.8) is 0 Å². The Morgan fingerprint density at radius 2 is 1.78 bits per heavy atom. The van der Waals surface area contributed by atoms with Crippen LogP contribution in [-0.4, -0.2) is 51.6 Å². The Morgan fingerprint density at radius 1 is 1.17 bits per heavy atom. The molecule has 2 unspecified atom stereocenters. The zero-order valence-corrected chi connectivity index (χ0v) is 10.0. The SMILES string of the molecule is NC1CC(C(=O)O)N(C(=O)CCCCC(=O)O)C1. The second kappa shape index (κ2) is 6.34. The highest BCUT2D eigenvalue weighted by atomic mass is 16.4. The Labute approximate surface area is 105 Å². The van der Waals surface area contributed by atoms with Gasteiger partial charge in [0.1, 0.15) is 6.04 Å². The van der Waals surface area contributed by atoms with Crippen molar-refractivity contribution in [2.45, 2.75) is 44.2 Å². The maximum atomic E-state index is 11.8. The maximum Gasteiger partial charge on any atom is 0.326 e. The molecule has 0 spiro atoms. The van der Waals surface area contributed by atoms with E-state index in [0.29, 0.717) is 12.8 Å². The van der Waals surface area contributed by atoms with Crippen molar-refractivity contribution >= 4 is 17.8 Å². The zero-order valence-electron chi connectivity index (χ0n) is 10.0. The topological polar surface area (TPSA) is 121 Å². The molecule has 1 rings (SSSR count). The molecule has 1 amide bonds. The van der Waals surface area contributed by atoms with E-state index in [0.717, 1.165) is 0 Å². The van der Waals surface area contributed by atoms with Crippen LogP contribution in [0.5, 0.6) is 0 Å². The summed E-state index contributed by atoms with van der Waals surface area (Å²) in [7, 11) is 0. The van der Waals surface area contributed by atoms with E-state index in [9.17, 15) is 14.4 Å². The second-order valence-corrected chi connectivity index (χ2v) is 4.50. The Morgan fingerprint density at radius 3 is 2.33 bits per heavy atom. The summed E-state index contributed by atoms with van der Waals surface area (Å²) in [5.41, 5.74) is 5.65. The summed E-state index contributed by atoms with van der Waals surface area (Å²) in [4.78, 5) is 34.3. The van der Waals surface area contributed by atoms with Gasteiger partial charge in [-0.2, -0.15) is 0 Å². The lowest BCUT2D eigenvalue weighted by molar-refractivity contribution is -0.148. The van der Waals surface area contributed by atoms with Crippen molar-refractivity contribution in [1.82, 2.24) is 4.90 Å². The summed E-state index contributed by atoms with van der Waals surface area (Å²) in [5.74, 6) is -2.20. The van der Waals surface area contributed by atoms with Crippen molar-refractivity contribution in [3.05, 3.63) is 0 Å². The normalized spacial score (nSPS) is 23.1. The molecule has 1 aliphatic rings. The van der Waals surface area contributed by atoms with E-state index >= 15 is 0 Å². The van der Waals surface area contributed by atoms with Gasteiger partial charge in [-0.05, 0) is 19.3 Å². The summed E-state index contributed by atoms with van der Waals surface area (Å²) < 4.78 is 0. The van der Waals surface area contributed by atoms with Gasteiger partial charge in [-0.3, -0.25) is 9.59 Å². The van der Waals surface area contributed by atoms with Gasteiger partial charge < -0.3 is 20.8 Å². The van der Waals surface area contributed by atoms with E-state index in [1.54, 1.807) is 0 Å². The van der Waals surface area contributed by atoms with Crippen molar-refractivity contribution in [2.75, 3.05) is 6.54 Å². The van der Waals surface area contributed by atoms with Gasteiger partial charge >= 0.3 is 11.9 Å². The molecule has 0 saturated carbocycles. The first-order valence-electron chi connectivity index (χ1n) is 5.91. The summed E-state index contributed by atoms with van der Waals surface area (Å²) >= 11 is 0. The molecule has 18 heavy (non-hydrogen) atoms. The Balaban J connectivity index is 2.40. The summed E-state index contributed by atoms with van der Waals surface area (Å²) in [6.07, 6.45) is 1.33. The lowest BCUT2D eigenvalue weighted by Crippen LogP contribution is -2.40. The van der Waals surface area contributed by atoms with Crippen molar-refractivity contribution < 1.29 is 24.6 Å². The first kappa shape index (κ1) is 14.4. The van der Waals surface area contributed by atoms with E-state index in [2.05, 4.69) is 0 Å². The van der Waals surface area contributed by atoms with Crippen LogP contribution in [0, 0.1) is 0 Å². The second-order valence-electron chi connectivity index (χ2n) is 4.50. The highest BCUT2D eigenvalue weighted by Crippen LogP contribution is 2.18. The first-order valence-corrected chi connectivity index (χ1v) is 5.91. The molecule has 102 valence electrons. The molecule has 1 heterocycles. The molecule has 4 N–H and O–H groups in total. The molecular formula is C11H18N2O5. The number of hydrogen-bond donors (Lipinski definition) is 3. The largest absolute Gasteiger partial charge is 0.481 e. The highest BCUT2D eigenvalue weighted by molar-refractivity contribution is 5.84. The smallest absolute Gasteiger partial charge is 0.326 e. The number of amides is 1. The van der Waals surface area contributed by atoms with Crippen LogP contribution in [0.3, 0.4) is 0 Å². The fourth-order valence-corrected chi connectivity index (χ4v) is 2.07. The standard InChI is InChI=1S/C11H18N2O5/c12-7-5-8(11(17)18)13(6-7)9(14)3-1-2-4-10(15)16/h7-8H,1-6,12H2,(H,15,16)(H,17,18). The average molecular weight is 258 g/mol. The Hall–Kier alpha value is -1.63. The number of hydrogen-bond acceptors (Lipinski definition) is 4. The molecular weight excluding hydrogens is 240 g/mol. The van der Waals surface area contributed by atoms with Crippen LogP contribution < -0.4 is 5.73 Å². The zero-order chi connectivity index (χ0) is 13.7. The van der Waals surface area contributed by atoms with Crippen LogP contribution in [0.4, 0.5) is 0 Å². The van der Waals surface area contributed by atoms with E-state index in [4.69, 9.17) is 15.9 Å². The molecule has 0 bridgehead atoms. The van der Waals surface area contributed by atoms with Gasteiger partial charge in [-0.25, -0.2) is 4.79 Å². The van der Waals surface area contributed by atoms with Gasteiger partial charge in [-0.15, -0.1) is 0 Å². The fraction of sp³-hybridized carbons (Fsp3) is 0.727. The van der Waals surface area contributed by atoms with Crippen LogP contribution in [0.15, 0.2) is 0 Å². The third kappa shape index (κ3) is 3.99. The molecule has 0 aromatic rings. The lowest BCUT2D eigenvalue weighted by atomic mass is 10.1. The molecule has 1 fully saturated rings. The Kier molecular flexibility index (Phi) is 5.08. The maximum absolute atomic E-state index is 11.8. The predicted octanol–water partition coefficient (Wildman–Crippen LogP) is -0.356. The molecule has 7 nitrogen and oxygen atoms in total. The molecule has 1 saturated heterocycles. The minimum absolute atomic E-state index is 0.0230. The third-order valence-corrected chi connectivity index (χ3v) is 2.97. The monoisotopic (exact) mass is 258 g/mol. The quantitative estimate of drug-likeness (QED) is 0.560. The van der Waals surface area contributed by atoms with Gasteiger partial charge in [-0.1, -0.05) is 0 Å². The lowest BCUT2D eigenvalue weighted by Gasteiger charge is -2.21. The number of aliphatic carboxylic acids is 2. The summed E-state index contributed by atoms with van der Waals surface area (Å²) in [6.45, 7) is 0.259. The van der Waals surface area contributed by atoms with Crippen LogP contribution >= 0.6 is 0 Å². The van der Waals surface area contributed by atoms with Crippen LogP contribution in [0.2, 0.25) is 0 Å². The first-order chi connectivity index (χ1) is 8.41. The van der Waals surface area contributed by atoms with Crippen LogP contribution in [-0.2, 0) is 14.4 Å². The number of nitrogens with two attached hydrogens (primary N) is 1. The summed E-state index contributed by atoms with van der Waals surface area (Å²) in [6, 6.07) is -1.14. The highest BCUT2D eigenvalue weighted by Gasteiger charge is 2.37. The fourth-order valence-electron chi connectivity index (χ4n) is 2.07. The molecule has 0 aromatic heterocycles. The molecule has 7 heteroatoms. The average Bonchev–Trinajstić information content (AvgIpc) is 2.66. The van der Waals surface area contributed by atoms with Crippen LogP contribution in [0.25, 0.3) is 0 Å². The van der Waals surface area contributed by atoms with E-state index in [1.807, 2.05) is 0 Å². The number of carboxylic acid groups (broad SMARTS) is 2. The van der Waals surface area contributed by atoms with E-state index in [1.165, 1.54) is 4.90 Å². The minimum Gasteiger partial charge on any atom is -0.481 e. The summed E-state index contributed by atoms with van der Waals surface area (Å²) in [5, 5.41) is 17.4. The van der Waals surface area contributed by atoms with Crippen molar-refractivity contribution in [2.24, 2.45) is 5.73 Å². The number of nitrogens with zero attached hydrogens (tertiary/aromatic N) is 1. The van der Waals surface area contributed by atoms with Crippen molar-refractivity contribution in [1.29, 1.82) is 0 Å². The van der Waals surface area contributed by atoms with E-state index < -0.39 is 18.0 Å². The number of carboxylic acids is 2. The number of likely N-dealkylation sites (tertiary alicyclic amines) is 1. The number of carbonyl (C=O) groups excluding carboxylic acids is 1. The van der Waals surface area contributed by atoms with E-state index in [-0.39, 0.29) is 37.8 Å². The van der Waals surface area contributed by atoms with Gasteiger partial charge in [0.05, 0.1) is 0 Å². The third-order valence-electron chi connectivity index (χ3n) is 2.97. The molecule has 0 radical (unpaired) electrons. The van der Waals surface area contributed by atoms with Crippen molar-refractivity contribution in [3.8, 4) is 0 Å².